The summed E-state index contributed by atoms with van der Waals surface area (Å²) in [6.07, 6.45) is 1.33. The minimum atomic E-state index is -0.769. The Morgan fingerprint density at radius 2 is 1.96 bits per heavy atom. The summed E-state index contributed by atoms with van der Waals surface area (Å²) in [5.41, 5.74) is 0.657. The molecular formula is C19H17N3O5. The van der Waals surface area contributed by atoms with Crippen LogP contribution in [0.5, 0.6) is 11.5 Å². The molecule has 0 saturated carbocycles. The van der Waals surface area contributed by atoms with Crippen molar-refractivity contribution in [3.05, 3.63) is 63.2 Å². The fourth-order valence-electron chi connectivity index (χ4n) is 2.34. The van der Waals surface area contributed by atoms with Gasteiger partial charge in [-0.2, -0.15) is 5.26 Å². The normalized spacial score (nSPS) is 10.7. The number of nitrogens with one attached hydrogen (secondary N) is 1. The number of rotatable bonds is 6. The van der Waals surface area contributed by atoms with Gasteiger partial charge >= 0.3 is 0 Å². The number of aryl methyl sites for hydroxylation is 1. The SMILES string of the molecule is COc1ccc(OC)c(/C=C(\C#N)C(=O)Nc2ccc(C)cc2[N+](=O)[O-])c1. The van der Waals surface area contributed by atoms with Crippen LogP contribution >= 0.6 is 0 Å². The second kappa shape index (κ2) is 8.49. The summed E-state index contributed by atoms with van der Waals surface area (Å²) >= 11 is 0. The molecule has 8 nitrogen and oxygen atoms in total. The number of hydrogen-bond acceptors (Lipinski definition) is 6. The van der Waals surface area contributed by atoms with Crippen molar-refractivity contribution in [2.45, 2.75) is 6.92 Å². The Hall–Kier alpha value is -3.86. The lowest BCUT2D eigenvalue weighted by Crippen LogP contribution is -2.14. The summed E-state index contributed by atoms with van der Waals surface area (Å²) in [6, 6.07) is 11.1. The van der Waals surface area contributed by atoms with Gasteiger partial charge in [0.05, 0.1) is 19.1 Å². The monoisotopic (exact) mass is 367 g/mol. The van der Waals surface area contributed by atoms with E-state index in [2.05, 4.69) is 5.32 Å². The van der Waals surface area contributed by atoms with E-state index in [-0.39, 0.29) is 16.9 Å². The molecule has 2 aromatic carbocycles. The number of nitro groups is 1. The third-order valence-corrected chi connectivity index (χ3v) is 3.70. The number of carbonyl (C=O) groups is 1. The number of nitro benzene ring substituents is 1. The molecule has 8 heteroatoms. The average Bonchev–Trinajstić information content (AvgIpc) is 2.66. The Morgan fingerprint density at radius 1 is 1.22 bits per heavy atom. The van der Waals surface area contributed by atoms with Gasteiger partial charge in [-0.05, 0) is 42.8 Å². The topological polar surface area (TPSA) is 114 Å². The van der Waals surface area contributed by atoms with E-state index in [0.717, 1.165) is 0 Å². The molecule has 0 aliphatic carbocycles. The number of nitrogens with zero attached hydrogens (tertiary/aromatic N) is 2. The van der Waals surface area contributed by atoms with Crippen molar-refractivity contribution in [3.63, 3.8) is 0 Å². The first kappa shape index (κ1) is 19.5. The largest absolute Gasteiger partial charge is 0.497 e. The summed E-state index contributed by atoms with van der Waals surface area (Å²) in [7, 11) is 2.95. The molecule has 0 aromatic heterocycles. The molecule has 0 aliphatic heterocycles. The maximum absolute atomic E-state index is 12.5. The number of methoxy groups -OCH3 is 2. The zero-order valence-corrected chi connectivity index (χ0v) is 15.0. The Kier molecular flexibility index (Phi) is 6.12. The zero-order valence-electron chi connectivity index (χ0n) is 15.0. The van der Waals surface area contributed by atoms with E-state index in [0.29, 0.717) is 22.6 Å². The van der Waals surface area contributed by atoms with Crippen LogP contribution in [0.3, 0.4) is 0 Å². The lowest BCUT2D eigenvalue weighted by atomic mass is 10.1. The van der Waals surface area contributed by atoms with Crippen LogP contribution in [0.25, 0.3) is 6.08 Å². The lowest BCUT2D eigenvalue weighted by molar-refractivity contribution is -0.384. The summed E-state index contributed by atoms with van der Waals surface area (Å²) in [4.78, 5) is 23.1. The van der Waals surface area contributed by atoms with E-state index in [9.17, 15) is 20.2 Å². The summed E-state index contributed by atoms with van der Waals surface area (Å²) in [5, 5.41) is 23.0. The number of hydrogen-bond donors (Lipinski definition) is 1. The van der Waals surface area contributed by atoms with Crippen LogP contribution in [-0.4, -0.2) is 25.1 Å². The van der Waals surface area contributed by atoms with Crippen molar-refractivity contribution in [1.82, 2.24) is 0 Å². The summed E-state index contributed by atoms with van der Waals surface area (Å²) in [6.45, 7) is 1.70. The van der Waals surface area contributed by atoms with Crippen molar-refractivity contribution in [2.24, 2.45) is 0 Å². The lowest BCUT2D eigenvalue weighted by Gasteiger charge is -2.09. The van der Waals surface area contributed by atoms with Crippen molar-refractivity contribution >= 4 is 23.4 Å². The number of benzene rings is 2. The molecule has 0 aliphatic rings. The average molecular weight is 367 g/mol. The maximum Gasteiger partial charge on any atom is 0.293 e. The Labute approximate surface area is 155 Å². The van der Waals surface area contributed by atoms with Crippen LogP contribution in [0, 0.1) is 28.4 Å². The minimum absolute atomic E-state index is 0.00866. The molecule has 0 radical (unpaired) electrons. The fourth-order valence-corrected chi connectivity index (χ4v) is 2.34. The molecule has 0 atom stereocenters. The van der Waals surface area contributed by atoms with E-state index in [4.69, 9.17) is 9.47 Å². The quantitative estimate of drug-likeness (QED) is 0.362. The molecule has 27 heavy (non-hydrogen) atoms. The van der Waals surface area contributed by atoms with Gasteiger partial charge in [-0.15, -0.1) is 0 Å². The first-order valence-corrected chi connectivity index (χ1v) is 7.79. The number of amides is 1. The first-order valence-electron chi connectivity index (χ1n) is 7.79. The molecular weight excluding hydrogens is 350 g/mol. The second-order valence-electron chi connectivity index (χ2n) is 5.51. The first-order chi connectivity index (χ1) is 12.9. The fraction of sp³-hybridized carbons (Fsp3) is 0.158. The third kappa shape index (κ3) is 4.61. The van der Waals surface area contributed by atoms with Gasteiger partial charge in [-0.1, -0.05) is 6.07 Å². The minimum Gasteiger partial charge on any atom is -0.497 e. The van der Waals surface area contributed by atoms with Crippen LogP contribution in [0.2, 0.25) is 0 Å². The van der Waals surface area contributed by atoms with Gasteiger partial charge < -0.3 is 14.8 Å². The van der Waals surface area contributed by atoms with E-state index in [1.165, 1.54) is 32.4 Å². The molecule has 0 bridgehead atoms. The van der Waals surface area contributed by atoms with Crippen molar-refractivity contribution in [3.8, 4) is 17.6 Å². The summed E-state index contributed by atoms with van der Waals surface area (Å²) in [5.74, 6) is 0.195. The Morgan fingerprint density at radius 3 is 2.56 bits per heavy atom. The zero-order chi connectivity index (χ0) is 20.0. The van der Waals surface area contributed by atoms with Crippen LogP contribution in [-0.2, 0) is 4.79 Å². The van der Waals surface area contributed by atoms with Gasteiger partial charge in [0.15, 0.2) is 0 Å². The van der Waals surface area contributed by atoms with Gasteiger partial charge in [0.1, 0.15) is 28.8 Å². The smallest absolute Gasteiger partial charge is 0.293 e. The van der Waals surface area contributed by atoms with Gasteiger partial charge in [0.2, 0.25) is 0 Å². The van der Waals surface area contributed by atoms with E-state index in [1.54, 1.807) is 37.3 Å². The Balaban J connectivity index is 2.39. The van der Waals surface area contributed by atoms with Gasteiger partial charge in [-0.3, -0.25) is 14.9 Å². The Bertz CT molecular complexity index is 960. The van der Waals surface area contributed by atoms with E-state index >= 15 is 0 Å². The van der Waals surface area contributed by atoms with Gasteiger partial charge in [-0.25, -0.2) is 0 Å². The number of ether oxygens (including phenoxy) is 2. The second-order valence-corrected chi connectivity index (χ2v) is 5.51. The molecule has 138 valence electrons. The number of nitriles is 1. The maximum atomic E-state index is 12.5. The molecule has 0 unspecified atom stereocenters. The highest BCUT2D eigenvalue weighted by atomic mass is 16.6. The molecule has 1 amide bonds. The number of anilines is 1. The highest BCUT2D eigenvalue weighted by Gasteiger charge is 2.18. The van der Waals surface area contributed by atoms with E-state index in [1.807, 2.05) is 0 Å². The molecule has 2 rings (SSSR count). The predicted molar refractivity (Wildman–Crippen MR) is 99.6 cm³/mol. The van der Waals surface area contributed by atoms with E-state index < -0.39 is 10.8 Å². The van der Waals surface area contributed by atoms with Crippen LogP contribution in [0.4, 0.5) is 11.4 Å². The van der Waals surface area contributed by atoms with Crippen LogP contribution < -0.4 is 14.8 Å². The molecule has 0 spiro atoms. The van der Waals surface area contributed by atoms with Crippen LogP contribution in [0.1, 0.15) is 11.1 Å². The van der Waals surface area contributed by atoms with Gasteiger partial charge in [0, 0.05) is 11.6 Å². The number of carbonyl (C=O) groups excluding carboxylic acids is 1. The van der Waals surface area contributed by atoms with Crippen LogP contribution in [0.15, 0.2) is 42.0 Å². The standard InChI is InChI=1S/C19H17N3O5/c1-12-4-6-16(17(8-12)22(24)25)21-19(23)14(11-20)9-13-10-15(26-2)5-7-18(13)27-3/h4-10H,1-3H3,(H,21,23)/b14-9+. The van der Waals surface area contributed by atoms with Crippen molar-refractivity contribution in [2.75, 3.05) is 19.5 Å². The molecule has 0 heterocycles. The predicted octanol–water partition coefficient (Wildman–Crippen LogP) is 3.47. The highest BCUT2D eigenvalue weighted by molar-refractivity contribution is 6.10. The molecule has 0 saturated heterocycles. The summed E-state index contributed by atoms with van der Waals surface area (Å²) < 4.78 is 10.4. The molecule has 2 aromatic rings. The highest BCUT2D eigenvalue weighted by Crippen LogP contribution is 2.28. The molecule has 0 fully saturated rings. The van der Waals surface area contributed by atoms with Gasteiger partial charge in [0.25, 0.3) is 11.6 Å². The third-order valence-electron chi connectivity index (χ3n) is 3.70. The molecule has 1 N–H and O–H groups in total. The van der Waals surface area contributed by atoms with Crippen molar-refractivity contribution < 1.29 is 19.2 Å². The van der Waals surface area contributed by atoms with Crippen molar-refractivity contribution in [1.29, 1.82) is 5.26 Å².